The van der Waals surface area contributed by atoms with Crippen molar-refractivity contribution in [1.82, 2.24) is 4.98 Å². The maximum absolute atomic E-state index is 5.70. The normalized spacial score (nSPS) is 10.4. The summed E-state index contributed by atoms with van der Waals surface area (Å²) in [5.74, 6) is 0. The number of hydrogen-bond donors (Lipinski definition) is 1. The van der Waals surface area contributed by atoms with Crippen LogP contribution in [0, 0.1) is 0 Å². The summed E-state index contributed by atoms with van der Waals surface area (Å²) in [6, 6.07) is 4.21. The van der Waals surface area contributed by atoms with Gasteiger partial charge in [-0.3, -0.25) is 0 Å². The molecule has 74 valence electrons. The standard InChI is InChI=1S/C9H9ClN2S2/c10-8-6-14-9(12-8)11-4-3-7-2-1-5-13-7/h1-2,5-6H,3-4H2,(H,11,12). The molecule has 0 atom stereocenters. The first kappa shape index (κ1) is 9.96. The molecule has 14 heavy (non-hydrogen) atoms. The summed E-state index contributed by atoms with van der Waals surface area (Å²) < 4.78 is 0. The molecule has 0 spiro atoms. The molecule has 2 heterocycles. The molecule has 0 saturated heterocycles. The Hall–Kier alpha value is -0.580. The molecular formula is C9H9ClN2S2. The molecular weight excluding hydrogens is 236 g/mol. The molecule has 0 aliphatic heterocycles. The SMILES string of the molecule is Clc1csc(NCCc2cccs2)n1. The molecule has 0 bridgehead atoms. The first-order valence-electron chi connectivity index (χ1n) is 4.22. The number of nitrogens with zero attached hydrogens (tertiary/aromatic N) is 1. The van der Waals surface area contributed by atoms with Gasteiger partial charge in [0.2, 0.25) is 0 Å². The maximum atomic E-state index is 5.70. The van der Waals surface area contributed by atoms with Gasteiger partial charge >= 0.3 is 0 Å². The van der Waals surface area contributed by atoms with Crippen LogP contribution in [-0.4, -0.2) is 11.5 Å². The summed E-state index contributed by atoms with van der Waals surface area (Å²) >= 11 is 9.02. The van der Waals surface area contributed by atoms with Gasteiger partial charge in [0, 0.05) is 16.8 Å². The van der Waals surface area contributed by atoms with Gasteiger partial charge < -0.3 is 5.32 Å². The Bertz CT molecular complexity index is 383. The molecule has 0 aromatic carbocycles. The number of rotatable bonds is 4. The molecule has 2 aromatic rings. The zero-order chi connectivity index (χ0) is 9.80. The van der Waals surface area contributed by atoms with Crippen LogP contribution in [0.2, 0.25) is 5.15 Å². The molecule has 0 fully saturated rings. The Morgan fingerprint density at radius 2 is 2.36 bits per heavy atom. The lowest BCUT2D eigenvalue weighted by molar-refractivity contribution is 1.04. The van der Waals surface area contributed by atoms with Crippen LogP contribution in [0.4, 0.5) is 5.13 Å². The van der Waals surface area contributed by atoms with E-state index in [0.717, 1.165) is 18.1 Å². The van der Waals surface area contributed by atoms with E-state index < -0.39 is 0 Å². The molecule has 0 aliphatic carbocycles. The van der Waals surface area contributed by atoms with E-state index in [1.54, 1.807) is 11.3 Å². The minimum Gasteiger partial charge on any atom is -0.361 e. The largest absolute Gasteiger partial charge is 0.361 e. The third-order valence-electron chi connectivity index (χ3n) is 1.70. The van der Waals surface area contributed by atoms with E-state index in [9.17, 15) is 0 Å². The molecule has 5 heteroatoms. The summed E-state index contributed by atoms with van der Waals surface area (Å²) in [5, 5.41) is 8.61. The third-order valence-corrected chi connectivity index (χ3v) is 3.76. The maximum Gasteiger partial charge on any atom is 0.184 e. The Balaban J connectivity index is 1.78. The minimum atomic E-state index is 0.564. The Labute approximate surface area is 95.6 Å². The second-order valence-corrected chi connectivity index (χ2v) is 5.01. The van der Waals surface area contributed by atoms with E-state index in [-0.39, 0.29) is 0 Å². The van der Waals surface area contributed by atoms with Gasteiger partial charge in [-0.25, -0.2) is 4.98 Å². The summed E-state index contributed by atoms with van der Waals surface area (Å²) in [5.41, 5.74) is 0. The second-order valence-electron chi connectivity index (χ2n) is 2.73. The van der Waals surface area contributed by atoms with E-state index in [1.807, 2.05) is 5.38 Å². The zero-order valence-electron chi connectivity index (χ0n) is 7.37. The number of anilines is 1. The monoisotopic (exact) mass is 244 g/mol. The molecule has 2 nitrogen and oxygen atoms in total. The summed E-state index contributed by atoms with van der Waals surface area (Å²) in [6.45, 7) is 0.907. The van der Waals surface area contributed by atoms with Crippen LogP contribution >= 0.6 is 34.3 Å². The molecule has 0 amide bonds. The number of halogens is 1. The van der Waals surface area contributed by atoms with Gasteiger partial charge in [0.15, 0.2) is 5.13 Å². The van der Waals surface area contributed by atoms with Crippen LogP contribution < -0.4 is 5.32 Å². The summed E-state index contributed by atoms with van der Waals surface area (Å²) in [7, 11) is 0. The van der Waals surface area contributed by atoms with Gasteiger partial charge in [0.1, 0.15) is 5.15 Å². The predicted molar refractivity (Wildman–Crippen MR) is 63.6 cm³/mol. The Morgan fingerprint density at radius 1 is 1.43 bits per heavy atom. The average Bonchev–Trinajstić information content (AvgIpc) is 2.77. The van der Waals surface area contributed by atoms with Crippen LogP contribution in [0.5, 0.6) is 0 Å². The molecule has 2 aromatic heterocycles. The van der Waals surface area contributed by atoms with E-state index >= 15 is 0 Å². The number of aromatic nitrogens is 1. The molecule has 0 unspecified atom stereocenters. The second kappa shape index (κ2) is 4.77. The van der Waals surface area contributed by atoms with E-state index in [1.165, 1.54) is 16.2 Å². The van der Waals surface area contributed by atoms with Crippen molar-refractivity contribution in [3.05, 3.63) is 32.9 Å². The molecule has 2 rings (SSSR count). The van der Waals surface area contributed by atoms with Crippen molar-refractivity contribution in [3.63, 3.8) is 0 Å². The number of hydrogen-bond acceptors (Lipinski definition) is 4. The van der Waals surface area contributed by atoms with Crippen molar-refractivity contribution in [2.75, 3.05) is 11.9 Å². The summed E-state index contributed by atoms with van der Waals surface area (Å²) in [4.78, 5) is 5.49. The van der Waals surface area contributed by atoms with Crippen LogP contribution in [-0.2, 0) is 6.42 Å². The van der Waals surface area contributed by atoms with E-state index in [4.69, 9.17) is 11.6 Å². The zero-order valence-corrected chi connectivity index (χ0v) is 9.75. The van der Waals surface area contributed by atoms with Crippen molar-refractivity contribution in [2.24, 2.45) is 0 Å². The number of thiophene rings is 1. The number of thiazole rings is 1. The molecule has 0 aliphatic rings. The quantitative estimate of drug-likeness (QED) is 0.890. The van der Waals surface area contributed by atoms with Crippen molar-refractivity contribution in [1.29, 1.82) is 0 Å². The topological polar surface area (TPSA) is 24.9 Å². The first-order chi connectivity index (χ1) is 6.84. The Kier molecular flexibility index (Phi) is 3.39. The van der Waals surface area contributed by atoms with Crippen LogP contribution in [0.25, 0.3) is 0 Å². The predicted octanol–water partition coefficient (Wildman–Crippen LogP) is 3.51. The minimum absolute atomic E-state index is 0.564. The smallest absolute Gasteiger partial charge is 0.184 e. The molecule has 0 radical (unpaired) electrons. The summed E-state index contributed by atoms with van der Waals surface area (Å²) in [6.07, 6.45) is 1.04. The first-order valence-corrected chi connectivity index (χ1v) is 6.35. The lowest BCUT2D eigenvalue weighted by Gasteiger charge is -1.99. The van der Waals surface area contributed by atoms with Crippen LogP contribution in [0.3, 0.4) is 0 Å². The average molecular weight is 245 g/mol. The fourth-order valence-corrected chi connectivity index (χ4v) is 2.66. The highest BCUT2D eigenvalue weighted by Crippen LogP contribution is 2.18. The number of nitrogens with one attached hydrogen (secondary N) is 1. The van der Waals surface area contributed by atoms with Crippen LogP contribution in [0.15, 0.2) is 22.9 Å². The van der Waals surface area contributed by atoms with Gasteiger partial charge in [0.05, 0.1) is 0 Å². The van der Waals surface area contributed by atoms with Gasteiger partial charge in [0.25, 0.3) is 0 Å². The third kappa shape index (κ3) is 2.70. The van der Waals surface area contributed by atoms with Gasteiger partial charge in [-0.2, -0.15) is 0 Å². The van der Waals surface area contributed by atoms with Crippen molar-refractivity contribution in [3.8, 4) is 0 Å². The fraction of sp³-hybridized carbons (Fsp3) is 0.222. The van der Waals surface area contributed by atoms with E-state index in [0.29, 0.717) is 5.15 Å². The van der Waals surface area contributed by atoms with Crippen molar-refractivity contribution in [2.45, 2.75) is 6.42 Å². The van der Waals surface area contributed by atoms with Crippen LogP contribution in [0.1, 0.15) is 4.88 Å². The van der Waals surface area contributed by atoms with Gasteiger partial charge in [-0.05, 0) is 17.9 Å². The lowest BCUT2D eigenvalue weighted by Crippen LogP contribution is -2.03. The highest BCUT2D eigenvalue weighted by atomic mass is 35.5. The Morgan fingerprint density at radius 3 is 3.00 bits per heavy atom. The van der Waals surface area contributed by atoms with Crippen molar-refractivity contribution < 1.29 is 0 Å². The van der Waals surface area contributed by atoms with Crippen molar-refractivity contribution >= 4 is 39.4 Å². The van der Waals surface area contributed by atoms with E-state index in [2.05, 4.69) is 27.8 Å². The molecule has 0 saturated carbocycles. The highest BCUT2D eigenvalue weighted by molar-refractivity contribution is 7.14. The fourth-order valence-electron chi connectivity index (χ4n) is 1.08. The lowest BCUT2D eigenvalue weighted by atomic mass is 10.3. The van der Waals surface area contributed by atoms with Gasteiger partial charge in [-0.1, -0.05) is 17.7 Å². The highest BCUT2D eigenvalue weighted by Gasteiger charge is 1.98. The van der Waals surface area contributed by atoms with Gasteiger partial charge in [-0.15, -0.1) is 22.7 Å². The molecule has 1 N–H and O–H groups in total.